The van der Waals surface area contributed by atoms with Crippen LogP contribution in [-0.2, 0) is 4.79 Å². The molecule has 0 radical (unpaired) electrons. The van der Waals surface area contributed by atoms with Crippen LogP contribution in [0.1, 0.15) is 24.2 Å². The van der Waals surface area contributed by atoms with E-state index in [1.54, 1.807) is 43.1 Å². The normalized spacial score (nSPS) is 11.8. The zero-order chi connectivity index (χ0) is 13.7. The van der Waals surface area contributed by atoms with E-state index >= 15 is 0 Å². The monoisotopic (exact) mass is 266 g/mol. The van der Waals surface area contributed by atoms with Crippen LogP contribution < -0.4 is 5.32 Å². The van der Waals surface area contributed by atoms with Crippen molar-refractivity contribution in [3.63, 3.8) is 0 Å². The molecule has 1 atom stereocenters. The Morgan fingerprint density at radius 3 is 2.39 bits per heavy atom. The largest absolute Gasteiger partial charge is 0.344 e. The molecule has 98 valence electrons. The minimum absolute atomic E-state index is 0.100. The minimum Gasteiger partial charge on any atom is -0.344 e. The van der Waals surface area contributed by atoms with Gasteiger partial charge in [0, 0.05) is 24.1 Å². The van der Waals surface area contributed by atoms with E-state index in [-0.39, 0.29) is 11.8 Å². The summed E-state index contributed by atoms with van der Waals surface area (Å²) in [6, 6.07) is 6.31. The lowest BCUT2D eigenvalue weighted by Crippen LogP contribution is -2.45. The smallest absolute Gasteiger partial charge is 0.251 e. The summed E-state index contributed by atoms with van der Waals surface area (Å²) in [4.78, 5) is 26.0. The van der Waals surface area contributed by atoms with Gasteiger partial charge in [0.2, 0.25) is 5.91 Å². The van der Waals surface area contributed by atoms with E-state index in [0.29, 0.717) is 12.1 Å². The lowest BCUT2D eigenvalue weighted by molar-refractivity contribution is -0.131. The van der Waals surface area contributed by atoms with E-state index in [4.69, 9.17) is 0 Å². The molecule has 1 aromatic carbocycles. The van der Waals surface area contributed by atoms with Gasteiger partial charge in [0.25, 0.3) is 5.91 Å². The van der Waals surface area contributed by atoms with Gasteiger partial charge in [-0.05, 0) is 38.1 Å². The number of carbonyl (C=O) groups is 2. The Hall–Kier alpha value is -1.49. The molecule has 1 aromatic rings. The second-order valence-electron chi connectivity index (χ2n) is 4.09. The van der Waals surface area contributed by atoms with Crippen LogP contribution in [0.3, 0.4) is 0 Å². The predicted octanol–water partition coefficient (Wildman–Crippen LogP) is 1.57. The number of rotatable bonds is 4. The Morgan fingerprint density at radius 2 is 1.89 bits per heavy atom. The van der Waals surface area contributed by atoms with Crippen LogP contribution in [0.4, 0.5) is 0 Å². The van der Waals surface area contributed by atoms with E-state index in [2.05, 4.69) is 17.9 Å². The average molecular weight is 266 g/mol. The van der Waals surface area contributed by atoms with Crippen LogP contribution in [0.15, 0.2) is 29.2 Å². The molecule has 0 bridgehead atoms. The maximum atomic E-state index is 11.9. The summed E-state index contributed by atoms with van der Waals surface area (Å²) < 4.78 is 0. The van der Waals surface area contributed by atoms with E-state index in [9.17, 15) is 9.59 Å². The highest BCUT2D eigenvalue weighted by Gasteiger charge is 2.18. The SMILES string of the molecule is CCN(C)C(=O)C(C)NC(=O)c1ccc(S)cc1. The maximum absolute atomic E-state index is 11.9. The van der Waals surface area contributed by atoms with Crippen molar-refractivity contribution in [2.45, 2.75) is 24.8 Å². The highest BCUT2D eigenvalue weighted by atomic mass is 32.1. The molecule has 0 saturated carbocycles. The Bertz CT molecular complexity index is 431. The summed E-state index contributed by atoms with van der Waals surface area (Å²) in [5.41, 5.74) is 0.520. The van der Waals surface area contributed by atoms with Gasteiger partial charge in [0.05, 0.1) is 0 Å². The number of amides is 2. The number of nitrogens with one attached hydrogen (secondary N) is 1. The van der Waals surface area contributed by atoms with Gasteiger partial charge >= 0.3 is 0 Å². The van der Waals surface area contributed by atoms with Crippen LogP contribution in [0.25, 0.3) is 0 Å². The summed E-state index contributed by atoms with van der Waals surface area (Å²) in [6.07, 6.45) is 0. The van der Waals surface area contributed by atoms with Gasteiger partial charge in [0.15, 0.2) is 0 Å². The van der Waals surface area contributed by atoms with E-state index in [1.807, 2.05) is 6.92 Å². The summed E-state index contributed by atoms with van der Waals surface area (Å²) in [6.45, 7) is 4.19. The second-order valence-corrected chi connectivity index (χ2v) is 4.61. The molecule has 1 unspecified atom stereocenters. The summed E-state index contributed by atoms with van der Waals surface area (Å²) in [5, 5.41) is 2.68. The molecule has 0 aliphatic heterocycles. The number of nitrogens with zero attached hydrogens (tertiary/aromatic N) is 1. The molecular weight excluding hydrogens is 248 g/mol. The van der Waals surface area contributed by atoms with Crippen molar-refractivity contribution in [3.05, 3.63) is 29.8 Å². The Morgan fingerprint density at radius 1 is 1.33 bits per heavy atom. The van der Waals surface area contributed by atoms with Gasteiger partial charge in [-0.3, -0.25) is 9.59 Å². The predicted molar refractivity (Wildman–Crippen MR) is 73.9 cm³/mol. The van der Waals surface area contributed by atoms with Crippen molar-refractivity contribution < 1.29 is 9.59 Å². The first-order chi connectivity index (χ1) is 8.45. The van der Waals surface area contributed by atoms with Gasteiger partial charge in [-0.2, -0.15) is 0 Å². The first-order valence-corrected chi connectivity index (χ1v) is 6.25. The van der Waals surface area contributed by atoms with Gasteiger partial charge < -0.3 is 10.2 Å². The third-order valence-corrected chi connectivity index (χ3v) is 3.00. The summed E-state index contributed by atoms with van der Waals surface area (Å²) in [7, 11) is 1.71. The van der Waals surface area contributed by atoms with Gasteiger partial charge in [0.1, 0.15) is 6.04 Å². The molecule has 0 aliphatic carbocycles. The molecule has 0 heterocycles. The van der Waals surface area contributed by atoms with Crippen LogP contribution in [0.5, 0.6) is 0 Å². The number of hydrogen-bond donors (Lipinski definition) is 2. The number of hydrogen-bond acceptors (Lipinski definition) is 3. The van der Waals surface area contributed by atoms with Gasteiger partial charge in [-0.1, -0.05) is 0 Å². The fourth-order valence-electron chi connectivity index (χ4n) is 1.44. The van der Waals surface area contributed by atoms with E-state index < -0.39 is 6.04 Å². The molecule has 0 saturated heterocycles. The van der Waals surface area contributed by atoms with Crippen molar-refractivity contribution >= 4 is 24.4 Å². The van der Waals surface area contributed by atoms with Gasteiger partial charge in [-0.15, -0.1) is 12.6 Å². The third kappa shape index (κ3) is 3.77. The Balaban J connectivity index is 2.65. The number of thiol groups is 1. The van der Waals surface area contributed by atoms with E-state index in [1.165, 1.54) is 0 Å². The molecule has 0 aliphatic rings. The fraction of sp³-hybridized carbons (Fsp3) is 0.385. The summed E-state index contributed by atoms with van der Waals surface area (Å²) in [5.74, 6) is -0.356. The molecule has 18 heavy (non-hydrogen) atoms. The molecule has 0 aromatic heterocycles. The molecule has 1 N–H and O–H groups in total. The summed E-state index contributed by atoms with van der Waals surface area (Å²) >= 11 is 4.15. The molecular formula is C13H18N2O2S. The van der Waals surface area contributed by atoms with Gasteiger partial charge in [-0.25, -0.2) is 0 Å². The second kappa shape index (κ2) is 6.44. The van der Waals surface area contributed by atoms with Crippen molar-refractivity contribution in [2.75, 3.05) is 13.6 Å². The average Bonchev–Trinajstić information content (AvgIpc) is 2.37. The lowest BCUT2D eigenvalue weighted by Gasteiger charge is -2.20. The first kappa shape index (κ1) is 14.6. The highest BCUT2D eigenvalue weighted by molar-refractivity contribution is 7.80. The first-order valence-electron chi connectivity index (χ1n) is 5.80. The third-order valence-electron chi connectivity index (χ3n) is 2.70. The van der Waals surface area contributed by atoms with Crippen molar-refractivity contribution in [3.8, 4) is 0 Å². The van der Waals surface area contributed by atoms with Crippen LogP contribution in [0.2, 0.25) is 0 Å². The maximum Gasteiger partial charge on any atom is 0.251 e. The lowest BCUT2D eigenvalue weighted by atomic mass is 10.2. The molecule has 2 amide bonds. The van der Waals surface area contributed by atoms with Crippen molar-refractivity contribution in [1.29, 1.82) is 0 Å². The van der Waals surface area contributed by atoms with Crippen LogP contribution in [0, 0.1) is 0 Å². The van der Waals surface area contributed by atoms with Crippen molar-refractivity contribution in [1.82, 2.24) is 10.2 Å². The fourth-order valence-corrected chi connectivity index (χ4v) is 1.59. The molecule has 0 fully saturated rings. The molecule has 5 heteroatoms. The zero-order valence-electron chi connectivity index (χ0n) is 10.8. The quantitative estimate of drug-likeness (QED) is 0.813. The standard InChI is InChI=1S/C13H18N2O2S/c1-4-15(3)13(17)9(2)14-12(16)10-5-7-11(18)8-6-10/h5-9,18H,4H2,1-3H3,(H,14,16). The molecule has 0 spiro atoms. The highest BCUT2D eigenvalue weighted by Crippen LogP contribution is 2.08. The van der Waals surface area contributed by atoms with Crippen molar-refractivity contribution in [2.24, 2.45) is 0 Å². The Kier molecular flexibility index (Phi) is 5.22. The molecule has 4 nitrogen and oxygen atoms in total. The number of benzene rings is 1. The van der Waals surface area contributed by atoms with E-state index in [0.717, 1.165) is 4.90 Å². The van der Waals surface area contributed by atoms with Crippen LogP contribution >= 0.6 is 12.6 Å². The zero-order valence-corrected chi connectivity index (χ0v) is 11.7. The topological polar surface area (TPSA) is 49.4 Å². The minimum atomic E-state index is -0.530. The number of carbonyl (C=O) groups excluding carboxylic acids is 2. The number of likely N-dealkylation sites (N-methyl/N-ethyl adjacent to an activating group) is 1. The Labute approximate surface area is 113 Å². The molecule has 1 rings (SSSR count). The van der Waals surface area contributed by atoms with Crippen LogP contribution in [-0.4, -0.2) is 36.3 Å².